The highest BCUT2D eigenvalue weighted by Gasteiger charge is 2.23. The summed E-state index contributed by atoms with van der Waals surface area (Å²) in [4.78, 5) is 1.55. The molecule has 27 heavy (non-hydrogen) atoms. The first kappa shape index (κ1) is 20.2. The second-order valence-corrected chi connectivity index (χ2v) is 8.39. The van der Waals surface area contributed by atoms with Crippen LogP contribution in [0.3, 0.4) is 0 Å². The van der Waals surface area contributed by atoms with Crippen LogP contribution in [0.15, 0.2) is 48.7 Å². The molecule has 0 amide bonds. The quantitative estimate of drug-likeness (QED) is 0.658. The van der Waals surface area contributed by atoms with E-state index in [1.807, 2.05) is 0 Å². The maximum absolute atomic E-state index is 10.5. The highest BCUT2D eigenvalue weighted by atomic mass is 16.3. The summed E-state index contributed by atoms with van der Waals surface area (Å²) >= 11 is 0. The summed E-state index contributed by atoms with van der Waals surface area (Å²) in [5, 5.41) is 10.5. The van der Waals surface area contributed by atoms with Crippen molar-refractivity contribution in [2.75, 3.05) is 13.1 Å². The Bertz CT molecular complexity index is 645. The average Bonchev–Trinajstić information content (AvgIpc) is 3.10. The molecule has 2 atom stereocenters. The van der Waals surface area contributed by atoms with Crippen LogP contribution in [0.4, 0.5) is 0 Å². The third-order valence-electron chi connectivity index (χ3n) is 6.00. The molecule has 0 aliphatic heterocycles. The molecular weight excluding hydrogens is 332 g/mol. The Labute approximate surface area is 165 Å². The maximum atomic E-state index is 10.5. The summed E-state index contributed by atoms with van der Waals surface area (Å²) in [5.74, 6) is 0.833. The zero-order valence-corrected chi connectivity index (χ0v) is 16.9. The van der Waals surface area contributed by atoms with Crippen LogP contribution in [-0.4, -0.2) is 28.9 Å². The molecule has 0 spiro atoms. The van der Waals surface area contributed by atoms with Crippen molar-refractivity contribution in [3.05, 3.63) is 59.9 Å². The van der Waals surface area contributed by atoms with Gasteiger partial charge in [0.05, 0.1) is 12.2 Å². The summed E-state index contributed by atoms with van der Waals surface area (Å²) in [5.41, 5.74) is 2.73. The number of nitrogens with one attached hydrogen (secondary N) is 1. The van der Waals surface area contributed by atoms with E-state index in [1.54, 1.807) is 4.90 Å². The molecule has 3 heteroatoms. The van der Waals surface area contributed by atoms with Gasteiger partial charge in [-0.25, -0.2) is 0 Å². The molecule has 2 N–H and O–H groups in total. The maximum Gasteiger partial charge on any atom is 0.118 e. The third-order valence-corrected chi connectivity index (χ3v) is 6.00. The molecule has 3 rings (SSSR count). The van der Waals surface area contributed by atoms with Gasteiger partial charge < -0.3 is 14.6 Å². The van der Waals surface area contributed by atoms with E-state index in [4.69, 9.17) is 0 Å². The van der Waals surface area contributed by atoms with Crippen molar-refractivity contribution < 1.29 is 10.0 Å². The average molecular weight is 370 g/mol. The smallest absolute Gasteiger partial charge is 0.118 e. The van der Waals surface area contributed by atoms with Crippen LogP contribution >= 0.6 is 0 Å². The van der Waals surface area contributed by atoms with Crippen molar-refractivity contribution in [2.24, 2.45) is 5.92 Å². The largest absolute Gasteiger partial charge is 0.387 e. The summed E-state index contributed by atoms with van der Waals surface area (Å²) < 4.78 is 2.38. The summed E-state index contributed by atoms with van der Waals surface area (Å²) in [6.07, 6.45) is 10.9. The molecule has 1 aromatic heterocycles. The van der Waals surface area contributed by atoms with E-state index in [-0.39, 0.29) is 6.10 Å². The Morgan fingerprint density at radius 3 is 2.59 bits per heavy atom. The second kappa shape index (κ2) is 10.7. The van der Waals surface area contributed by atoms with E-state index in [2.05, 4.69) is 60.2 Å². The Kier molecular flexibility index (Phi) is 7.97. The Morgan fingerprint density at radius 1 is 1.07 bits per heavy atom. The first-order valence-electron chi connectivity index (χ1n) is 10.9. The van der Waals surface area contributed by atoms with Gasteiger partial charge in [-0.05, 0) is 37.0 Å². The lowest BCUT2D eigenvalue weighted by atomic mass is 9.89. The molecule has 1 aliphatic carbocycles. The monoisotopic (exact) mass is 369 g/mol. The Hall–Kier alpha value is -1.58. The van der Waals surface area contributed by atoms with Gasteiger partial charge in [0.25, 0.3) is 0 Å². The Morgan fingerprint density at radius 2 is 1.85 bits per heavy atom. The number of quaternary nitrogens is 1. The molecule has 1 aromatic carbocycles. The lowest BCUT2D eigenvalue weighted by molar-refractivity contribution is -0.920. The van der Waals surface area contributed by atoms with E-state index >= 15 is 0 Å². The van der Waals surface area contributed by atoms with E-state index in [1.165, 1.54) is 49.9 Å². The highest BCUT2D eigenvalue weighted by Crippen LogP contribution is 2.22. The van der Waals surface area contributed by atoms with Gasteiger partial charge in [0.15, 0.2) is 0 Å². The van der Waals surface area contributed by atoms with E-state index < -0.39 is 0 Å². The lowest BCUT2D eigenvalue weighted by Crippen LogP contribution is -3.12. The van der Waals surface area contributed by atoms with Gasteiger partial charge in [0, 0.05) is 18.7 Å². The first-order valence-corrected chi connectivity index (χ1v) is 10.9. The summed E-state index contributed by atoms with van der Waals surface area (Å²) in [6, 6.07) is 15.1. The van der Waals surface area contributed by atoms with Crippen LogP contribution in [0.25, 0.3) is 0 Å². The van der Waals surface area contributed by atoms with Crippen LogP contribution in [-0.2, 0) is 13.1 Å². The number of aliphatic hydroxyl groups is 1. The van der Waals surface area contributed by atoms with E-state index in [0.717, 1.165) is 38.4 Å². The fraction of sp³-hybridized carbons (Fsp3) is 0.583. The molecule has 0 saturated heterocycles. The zero-order valence-electron chi connectivity index (χ0n) is 16.9. The van der Waals surface area contributed by atoms with Crippen LogP contribution in [0.5, 0.6) is 0 Å². The van der Waals surface area contributed by atoms with Gasteiger partial charge in [-0.2, -0.15) is 0 Å². The molecule has 1 heterocycles. The minimum Gasteiger partial charge on any atom is -0.387 e. The minimum absolute atomic E-state index is 0.175. The fourth-order valence-electron chi connectivity index (χ4n) is 4.60. The van der Waals surface area contributed by atoms with Gasteiger partial charge in [0.1, 0.15) is 19.2 Å². The SMILES string of the molecule is CCC[C@@H](O)C[NH+](Cc1cccn1Cc1ccccc1)CC1CCCCC1. The van der Waals surface area contributed by atoms with Crippen molar-refractivity contribution in [3.63, 3.8) is 0 Å². The second-order valence-electron chi connectivity index (χ2n) is 8.39. The van der Waals surface area contributed by atoms with Crippen molar-refractivity contribution in [3.8, 4) is 0 Å². The van der Waals surface area contributed by atoms with Gasteiger partial charge in [-0.3, -0.25) is 0 Å². The molecule has 1 fully saturated rings. The number of benzene rings is 1. The predicted molar refractivity (Wildman–Crippen MR) is 112 cm³/mol. The number of nitrogens with zero attached hydrogens (tertiary/aromatic N) is 1. The first-order chi connectivity index (χ1) is 13.2. The third kappa shape index (κ3) is 6.51. The topological polar surface area (TPSA) is 29.6 Å². The fourth-order valence-corrected chi connectivity index (χ4v) is 4.60. The van der Waals surface area contributed by atoms with Crippen LogP contribution in [0.1, 0.15) is 63.1 Å². The van der Waals surface area contributed by atoms with Crippen molar-refractivity contribution >= 4 is 0 Å². The number of aliphatic hydroxyl groups excluding tert-OH is 1. The highest BCUT2D eigenvalue weighted by molar-refractivity contribution is 5.17. The molecule has 1 saturated carbocycles. The minimum atomic E-state index is -0.175. The van der Waals surface area contributed by atoms with Crippen molar-refractivity contribution in [2.45, 2.75) is 71.1 Å². The molecule has 0 radical (unpaired) electrons. The lowest BCUT2D eigenvalue weighted by Gasteiger charge is -2.29. The summed E-state index contributed by atoms with van der Waals surface area (Å²) in [7, 11) is 0. The molecule has 0 bridgehead atoms. The molecule has 2 aromatic rings. The predicted octanol–water partition coefficient (Wildman–Crippen LogP) is 3.66. The van der Waals surface area contributed by atoms with Gasteiger partial charge in [-0.1, -0.05) is 62.9 Å². The van der Waals surface area contributed by atoms with Crippen LogP contribution in [0, 0.1) is 5.92 Å². The molecule has 3 nitrogen and oxygen atoms in total. The van der Waals surface area contributed by atoms with E-state index in [9.17, 15) is 5.11 Å². The number of aromatic nitrogens is 1. The van der Waals surface area contributed by atoms with Crippen molar-refractivity contribution in [1.82, 2.24) is 4.57 Å². The normalized spacial score (nSPS) is 17.7. The van der Waals surface area contributed by atoms with Gasteiger partial charge in [0.2, 0.25) is 0 Å². The molecule has 148 valence electrons. The van der Waals surface area contributed by atoms with Gasteiger partial charge in [-0.15, -0.1) is 0 Å². The molecule has 1 aliphatic rings. The number of rotatable bonds is 10. The molecule has 1 unspecified atom stereocenters. The van der Waals surface area contributed by atoms with Crippen LogP contribution in [0.2, 0.25) is 0 Å². The van der Waals surface area contributed by atoms with Crippen LogP contribution < -0.4 is 4.90 Å². The number of hydrogen-bond acceptors (Lipinski definition) is 1. The molecular formula is C24H37N2O+. The summed E-state index contributed by atoms with van der Waals surface area (Å²) in [6.45, 7) is 6.18. The Balaban J connectivity index is 1.66. The standard InChI is InChI=1S/C24H36N2O/c1-2-10-24(27)20-25(17-21-11-5-3-6-12-21)19-23-15-9-16-26(23)18-22-13-7-4-8-14-22/h4,7-9,13-16,21,24,27H,2-3,5-6,10-12,17-20H2,1H3/p+1/t24-/m1/s1. The number of hydrogen-bond donors (Lipinski definition) is 2. The van der Waals surface area contributed by atoms with Crippen molar-refractivity contribution in [1.29, 1.82) is 0 Å². The van der Waals surface area contributed by atoms with E-state index in [0.29, 0.717) is 0 Å². The zero-order chi connectivity index (χ0) is 18.9. The van der Waals surface area contributed by atoms with Gasteiger partial charge >= 0.3 is 0 Å².